The number of fused-ring (bicyclic) bond motifs is 1. The lowest BCUT2D eigenvalue weighted by molar-refractivity contribution is 0.560. The molecule has 0 fully saturated rings. The molecule has 1 aromatic carbocycles. The summed E-state index contributed by atoms with van der Waals surface area (Å²) in [4.78, 5) is 12.8. The molecule has 0 amide bonds. The number of nitrogens with two attached hydrogens (primary N) is 1. The lowest BCUT2D eigenvalue weighted by Gasteiger charge is -2.13. The van der Waals surface area contributed by atoms with E-state index >= 15 is 0 Å². The van der Waals surface area contributed by atoms with E-state index in [0.717, 1.165) is 22.5 Å². The normalized spacial score (nSPS) is 12.7. The van der Waals surface area contributed by atoms with Gasteiger partial charge in [-0.05, 0) is 23.8 Å². The highest BCUT2D eigenvalue weighted by Crippen LogP contribution is 2.24. The van der Waals surface area contributed by atoms with Gasteiger partial charge in [-0.15, -0.1) is 0 Å². The molecule has 0 spiro atoms. The summed E-state index contributed by atoms with van der Waals surface area (Å²) >= 11 is 0. The van der Waals surface area contributed by atoms with Crippen LogP contribution < -0.4 is 5.73 Å². The van der Waals surface area contributed by atoms with Crippen molar-refractivity contribution in [2.75, 3.05) is 6.54 Å². The number of aryl methyl sites for hydroxylation is 1. The Labute approximate surface area is 110 Å². The van der Waals surface area contributed by atoms with E-state index in [1.54, 1.807) is 18.5 Å². The summed E-state index contributed by atoms with van der Waals surface area (Å²) in [5.41, 5.74) is 8.52. The number of benzene rings is 1. The second kappa shape index (κ2) is 4.78. The van der Waals surface area contributed by atoms with E-state index in [2.05, 4.69) is 15.0 Å². The molecule has 1 unspecified atom stereocenters. The van der Waals surface area contributed by atoms with E-state index in [1.165, 1.54) is 0 Å². The summed E-state index contributed by atoms with van der Waals surface area (Å²) in [6, 6.07) is 7.69. The topological polar surface area (TPSA) is 77.8 Å². The maximum Gasteiger partial charge on any atom is 0.192 e. The largest absolute Gasteiger partial charge is 0.441 e. The fraction of sp³-hybridized carbons (Fsp3) is 0.214. The summed E-state index contributed by atoms with van der Waals surface area (Å²) in [7, 11) is 0. The zero-order valence-electron chi connectivity index (χ0n) is 10.6. The molecular weight excluding hydrogens is 240 g/mol. The minimum atomic E-state index is -0.0315. The lowest BCUT2D eigenvalue weighted by atomic mass is 9.98. The van der Waals surface area contributed by atoms with Gasteiger partial charge in [0.15, 0.2) is 11.5 Å². The fourth-order valence-electron chi connectivity index (χ4n) is 2.15. The van der Waals surface area contributed by atoms with Gasteiger partial charge in [0.2, 0.25) is 0 Å². The summed E-state index contributed by atoms with van der Waals surface area (Å²) < 4.78 is 5.55. The Morgan fingerprint density at radius 3 is 2.79 bits per heavy atom. The van der Waals surface area contributed by atoms with Crippen LogP contribution in [0.25, 0.3) is 11.1 Å². The van der Waals surface area contributed by atoms with Gasteiger partial charge >= 0.3 is 0 Å². The van der Waals surface area contributed by atoms with Crippen LogP contribution in [0.4, 0.5) is 0 Å². The number of aromatic nitrogens is 3. The van der Waals surface area contributed by atoms with Crippen LogP contribution in [0.15, 0.2) is 41.1 Å². The van der Waals surface area contributed by atoms with Crippen molar-refractivity contribution in [3.63, 3.8) is 0 Å². The van der Waals surface area contributed by atoms with Crippen molar-refractivity contribution >= 4 is 11.1 Å². The van der Waals surface area contributed by atoms with Crippen molar-refractivity contribution < 1.29 is 4.42 Å². The molecule has 0 aliphatic carbocycles. The minimum Gasteiger partial charge on any atom is -0.441 e. The highest BCUT2D eigenvalue weighted by atomic mass is 16.3. The van der Waals surface area contributed by atoms with Gasteiger partial charge in [0.1, 0.15) is 11.3 Å². The van der Waals surface area contributed by atoms with Gasteiger partial charge in [-0.1, -0.05) is 6.07 Å². The lowest BCUT2D eigenvalue weighted by Crippen LogP contribution is -2.16. The second-order valence-corrected chi connectivity index (χ2v) is 4.36. The van der Waals surface area contributed by atoms with Crippen LogP contribution in [0.1, 0.15) is 23.2 Å². The fourth-order valence-corrected chi connectivity index (χ4v) is 2.15. The monoisotopic (exact) mass is 254 g/mol. The van der Waals surface area contributed by atoms with E-state index < -0.39 is 0 Å². The Morgan fingerprint density at radius 1 is 1.26 bits per heavy atom. The first-order valence-electron chi connectivity index (χ1n) is 6.12. The van der Waals surface area contributed by atoms with Crippen molar-refractivity contribution in [3.8, 4) is 0 Å². The number of hydrogen-bond donors (Lipinski definition) is 1. The average molecular weight is 254 g/mol. The molecule has 0 aliphatic rings. The van der Waals surface area contributed by atoms with Crippen molar-refractivity contribution in [3.05, 3.63) is 53.9 Å². The second-order valence-electron chi connectivity index (χ2n) is 4.36. The Kier molecular flexibility index (Phi) is 2.97. The number of hydrogen-bond acceptors (Lipinski definition) is 5. The van der Waals surface area contributed by atoms with Gasteiger partial charge in [0.25, 0.3) is 0 Å². The summed E-state index contributed by atoms with van der Waals surface area (Å²) in [5.74, 6) is 1.35. The van der Waals surface area contributed by atoms with Gasteiger partial charge in [0.05, 0.1) is 5.92 Å². The molecule has 0 aliphatic heterocycles. The third-order valence-electron chi connectivity index (χ3n) is 3.05. The highest BCUT2D eigenvalue weighted by Gasteiger charge is 2.16. The van der Waals surface area contributed by atoms with Gasteiger partial charge in [0, 0.05) is 25.9 Å². The third-order valence-corrected chi connectivity index (χ3v) is 3.05. The SMILES string of the molecule is Cc1nc2ccc(C(CN)c3ncccn3)cc2o1. The van der Waals surface area contributed by atoms with E-state index in [4.69, 9.17) is 10.2 Å². The van der Waals surface area contributed by atoms with Crippen molar-refractivity contribution in [1.82, 2.24) is 15.0 Å². The molecule has 0 bridgehead atoms. The predicted molar refractivity (Wildman–Crippen MR) is 71.7 cm³/mol. The molecule has 0 saturated carbocycles. The molecule has 5 nitrogen and oxygen atoms in total. The van der Waals surface area contributed by atoms with Gasteiger partial charge in [-0.3, -0.25) is 0 Å². The Balaban J connectivity index is 2.06. The quantitative estimate of drug-likeness (QED) is 0.773. The average Bonchev–Trinajstić information content (AvgIpc) is 2.80. The summed E-state index contributed by atoms with van der Waals surface area (Å²) in [5, 5.41) is 0. The van der Waals surface area contributed by atoms with Crippen LogP contribution in [0.2, 0.25) is 0 Å². The Morgan fingerprint density at radius 2 is 2.05 bits per heavy atom. The van der Waals surface area contributed by atoms with E-state index in [0.29, 0.717) is 12.4 Å². The van der Waals surface area contributed by atoms with Crippen LogP contribution in [0, 0.1) is 6.92 Å². The number of oxazole rings is 1. The standard InChI is InChI=1S/C14H14N4O/c1-9-18-12-4-3-10(7-13(12)19-9)11(8-15)14-16-5-2-6-17-14/h2-7,11H,8,15H2,1H3. The Hall–Kier alpha value is -2.27. The zero-order valence-corrected chi connectivity index (χ0v) is 10.6. The van der Waals surface area contributed by atoms with Crippen LogP contribution in [0.5, 0.6) is 0 Å². The first kappa shape index (κ1) is 11.8. The summed E-state index contributed by atoms with van der Waals surface area (Å²) in [6.07, 6.45) is 3.45. The number of rotatable bonds is 3. The number of nitrogens with zero attached hydrogens (tertiary/aromatic N) is 3. The molecular formula is C14H14N4O. The van der Waals surface area contributed by atoms with Crippen molar-refractivity contribution in [1.29, 1.82) is 0 Å². The smallest absolute Gasteiger partial charge is 0.192 e. The predicted octanol–water partition coefficient (Wildman–Crippen LogP) is 2.02. The molecule has 2 N–H and O–H groups in total. The maximum atomic E-state index is 5.86. The van der Waals surface area contributed by atoms with Crippen molar-refractivity contribution in [2.45, 2.75) is 12.8 Å². The van der Waals surface area contributed by atoms with Crippen LogP contribution in [-0.2, 0) is 0 Å². The van der Waals surface area contributed by atoms with Gasteiger partial charge in [-0.25, -0.2) is 15.0 Å². The molecule has 3 rings (SSSR count). The molecule has 0 radical (unpaired) electrons. The third kappa shape index (κ3) is 2.20. The Bertz CT molecular complexity index is 693. The molecule has 0 saturated heterocycles. The van der Waals surface area contributed by atoms with Crippen molar-refractivity contribution in [2.24, 2.45) is 5.73 Å². The van der Waals surface area contributed by atoms with Crippen LogP contribution in [-0.4, -0.2) is 21.5 Å². The van der Waals surface area contributed by atoms with Crippen LogP contribution >= 0.6 is 0 Å². The maximum absolute atomic E-state index is 5.86. The molecule has 5 heteroatoms. The van der Waals surface area contributed by atoms with Gasteiger partial charge < -0.3 is 10.2 Å². The van der Waals surface area contributed by atoms with Crippen LogP contribution in [0.3, 0.4) is 0 Å². The minimum absolute atomic E-state index is 0.0315. The summed E-state index contributed by atoms with van der Waals surface area (Å²) in [6.45, 7) is 2.28. The molecule has 1 atom stereocenters. The van der Waals surface area contributed by atoms with Gasteiger partial charge in [-0.2, -0.15) is 0 Å². The molecule has 3 aromatic rings. The van der Waals surface area contributed by atoms with E-state index in [1.807, 2.05) is 25.1 Å². The van der Waals surface area contributed by atoms with E-state index in [9.17, 15) is 0 Å². The highest BCUT2D eigenvalue weighted by molar-refractivity contribution is 5.73. The molecule has 2 heterocycles. The first-order valence-corrected chi connectivity index (χ1v) is 6.12. The molecule has 96 valence electrons. The zero-order chi connectivity index (χ0) is 13.2. The molecule has 19 heavy (non-hydrogen) atoms. The molecule has 2 aromatic heterocycles. The first-order chi connectivity index (χ1) is 9.28. The van der Waals surface area contributed by atoms with E-state index in [-0.39, 0.29) is 5.92 Å².